The van der Waals surface area contributed by atoms with E-state index in [1.807, 2.05) is 12.1 Å². The molecule has 1 aliphatic heterocycles. The second kappa shape index (κ2) is 7.86. The van der Waals surface area contributed by atoms with Gasteiger partial charge in [0.2, 0.25) is 11.8 Å². The minimum absolute atomic E-state index is 0.0196. The lowest BCUT2D eigenvalue weighted by atomic mass is 10.0. The van der Waals surface area contributed by atoms with E-state index >= 15 is 0 Å². The minimum Gasteiger partial charge on any atom is -0.323 e. The van der Waals surface area contributed by atoms with E-state index < -0.39 is 0 Å². The number of carbonyl (C=O) groups excluding carboxylic acids is 3. The lowest BCUT2D eigenvalue weighted by Crippen LogP contribution is -2.33. The summed E-state index contributed by atoms with van der Waals surface area (Å²) in [6.45, 7) is 5.68. The van der Waals surface area contributed by atoms with Crippen LogP contribution in [0.4, 0.5) is 17.1 Å². The summed E-state index contributed by atoms with van der Waals surface area (Å²) < 4.78 is 0. The highest BCUT2D eigenvalue weighted by atomic mass is 16.2. The predicted molar refractivity (Wildman–Crippen MR) is 106 cm³/mol. The van der Waals surface area contributed by atoms with Crippen molar-refractivity contribution in [2.24, 2.45) is 0 Å². The van der Waals surface area contributed by atoms with Crippen molar-refractivity contribution in [3.63, 3.8) is 0 Å². The van der Waals surface area contributed by atoms with Crippen molar-refractivity contribution in [3.05, 3.63) is 66.2 Å². The number of amides is 3. The lowest BCUT2D eigenvalue weighted by Gasteiger charge is -2.29. The molecule has 138 valence electrons. The molecule has 2 aromatic rings. The van der Waals surface area contributed by atoms with Crippen LogP contribution in [-0.2, 0) is 16.0 Å². The molecule has 0 fully saturated rings. The van der Waals surface area contributed by atoms with E-state index in [1.165, 1.54) is 6.08 Å². The van der Waals surface area contributed by atoms with E-state index in [0.717, 1.165) is 30.6 Å². The quantitative estimate of drug-likeness (QED) is 0.818. The summed E-state index contributed by atoms with van der Waals surface area (Å²) in [7, 11) is 0. The van der Waals surface area contributed by atoms with Gasteiger partial charge in [0.05, 0.1) is 0 Å². The molecule has 0 atom stereocenters. The van der Waals surface area contributed by atoms with Crippen LogP contribution in [0.3, 0.4) is 0 Å². The van der Waals surface area contributed by atoms with Gasteiger partial charge in [-0.2, -0.15) is 0 Å². The number of rotatable bonds is 4. The maximum atomic E-state index is 12.6. The molecule has 2 N–H and O–H groups in total. The first-order chi connectivity index (χ1) is 13.0. The second-order valence-electron chi connectivity index (χ2n) is 6.35. The molecule has 6 heteroatoms. The Morgan fingerprint density at radius 3 is 2.59 bits per heavy atom. The van der Waals surface area contributed by atoms with Gasteiger partial charge in [-0.05, 0) is 60.9 Å². The molecule has 2 aromatic carbocycles. The number of anilines is 3. The first-order valence-electron chi connectivity index (χ1n) is 8.74. The van der Waals surface area contributed by atoms with Crippen LogP contribution in [0.5, 0.6) is 0 Å². The summed E-state index contributed by atoms with van der Waals surface area (Å²) in [5.74, 6) is -0.590. The van der Waals surface area contributed by atoms with E-state index in [-0.39, 0.29) is 17.7 Å². The van der Waals surface area contributed by atoms with Crippen LogP contribution in [-0.4, -0.2) is 24.3 Å². The number of hydrogen-bond donors (Lipinski definition) is 2. The fourth-order valence-corrected chi connectivity index (χ4v) is 3.14. The Morgan fingerprint density at radius 1 is 1.07 bits per heavy atom. The van der Waals surface area contributed by atoms with Crippen LogP contribution in [0.15, 0.2) is 55.1 Å². The van der Waals surface area contributed by atoms with Crippen LogP contribution < -0.4 is 15.5 Å². The third-order valence-electron chi connectivity index (χ3n) is 4.41. The number of carbonyl (C=O) groups is 3. The standard InChI is InChI=1S/C21H21N3O3/c1-3-20(26)22-17-8-4-6-16(13-17)21(27)23-18-9-10-19-15(12-18)7-5-11-24(19)14(2)25/h3-4,6,8-10,12-13H,1,5,7,11H2,2H3,(H,22,26)(H,23,27). The van der Waals surface area contributed by atoms with Crippen molar-refractivity contribution >= 4 is 34.8 Å². The number of hydrogen-bond acceptors (Lipinski definition) is 3. The predicted octanol–water partition coefficient (Wildman–Crippen LogP) is 3.36. The molecule has 0 aliphatic carbocycles. The molecule has 3 rings (SSSR count). The number of fused-ring (bicyclic) bond motifs is 1. The second-order valence-corrected chi connectivity index (χ2v) is 6.35. The summed E-state index contributed by atoms with van der Waals surface area (Å²) >= 11 is 0. The Morgan fingerprint density at radius 2 is 1.85 bits per heavy atom. The summed E-state index contributed by atoms with van der Waals surface area (Å²) in [6, 6.07) is 12.2. The molecule has 0 aromatic heterocycles. The van der Waals surface area contributed by atoms with Gasteiger partial charge in [-0.3, -0.25) is 14.4 Å². The minimum atomic E-state index is -0.336. The number of nitrogens with zero attached hydrogens (tertiary/aromatic N) is 1. The first-order valence-corrected chi connectivity index (χ1v) is 8.74. The van der Waals surface area contributed by atoms with Gasteiger partial charge in [0, 0.05) is 36.1 Å². The van der Waals surface area contributed by atoms with E-state index in [2.05, 4.69) is 17.2 Å². The van der Waals surface area contributed by atoms with Gasteiger partial charge in [-0.15, -0.1) is 0 Å². The zero-order valence-corrected chi connectivity index (χ0v) is 15.1. The third-order valence-corrected chi connectivity index (χ3v) is 4.41. The van der Waals surface area contributed by atoms with Gasteiger partial charge in [0.1, 0.15) is 0 Å². The SMILES string of the molecule is C=CC(=O)Nc1cccc(C(=O)Nc2ccc3c(c2)CCCN3C(C)=O)c1. The smallest absolute Gasteiger partial charge is 0.255 e. The molecule has 0 unspecified atom stereocenters. The van der Waals surface area contributed by atoms with Crippen molar-refractivity contribution in [2.75, 3.05) is 22.1 Å². The van der Waals surface area contributed by atoms with Crippen LogP contribution in [0.2, 0.25) is 0 Å². The molecule has 0 radical (unpaired) electrons. The van der Waals surface area contributed by atoms with Gasteiger partial charge >= 0.3 is 0 Å². The van der Waals surface area contributed by atoms with Crippen molar-refractivity contribution in [2.45, 2.75) is 19.8 Å². The van der Waals surface area contributed by atoms with Crippen LogP contribution in [0.1, 0.15) is 29.3 Å². The number of benzene rings is 2. The van der Waals surface area contributed by atoms with Crippen molar-refractivity contribution in [1.29, 1.82) is 0 Å². The number of nitrogens with one attached hydrogen (secondary N) is 2. The van der Waals surface area contributed by atoms with Crippen molar-refractivity contribution in [1.82, 2.24) is 0 Å². The van der Waals surface area contributed by atoms with Crippen LogP contribution in [0, 0.1) is 0 Å². The van der Waals surface area contributed by atoms with E-state index in [1.54, 1.807) is 42.2 Å². The van der Waals surface area contributed by atoms with E-state index in [0.29, 0.717) is 16.9 Å². The molecule has 0 bridgehead atoms. The van der Waals surface area contributed by atoms with E-state index in [9.17, 15) is 14.4 Å². The monoisotopic (exact) mass is 363 g/mol. The molecule has 0 saturated carbocycles. The highest BCUT2D eigenvalue weighted by Gasteiger charge is 2.20. The maximum Gasteiger partial charge on any atom is 0.255 e. The maximum absolute atomic E-state index is 12.6. The lowest BCUT2D eigenvalue weighted by molar-refractivity contribution is -0.116. The fraction of sp³-hybridized carbons (Fsp3) is 0.190. The molecule has 3 amide bonds. The summed E-state index contributed by atoms with van der Waals surface area (Å²) in [4.78, 5) is 37.5. The average molecular weight is 363 g/mol. The van der Waals surface area contributed by atoms with Gasteiger partial charge < -0.3 is 15.5 Å². The highest BCUT2D eigenvalue weighted by molar-refractivity contribution is 6.06. The summed E-state index contributed by atoms with van der Waals surface area (Å²) in [5.41, 5.74) is 3.57. The Hall–Kier alpha value is -3.41. The van der Waals surface area contributed by atoms with Crippen LogP contribution >= 0.6 is 0 Å². The third kappa shape index (κ3) is 4.23. The molecule has 0 saturated heterocycles. The van der Waals surface area contributed by atoms with Gasteiger partial charge in [-0.1, -0.05) is 12.6 Å². The molecule has 27 heavy (non-hydrogen) atoms. The zero-order chi connectivity index (χ0) is 19.4. The Balaban J connectivity index is 1.77. The summed E-state index contributed by atoms with van der Waals surface area (Å²) in [6.07, 6.45) is 2.94. The van der Waals surface area contributed by atoms with Gasteiger partial charge in [0.25, 0.3) is 5.91 Å². The molecule has 0 spiro atoms. The van der Waals surface area contributed by atoms with Crippen molar-refractivity contribution in [3.8, 4) is 0 Å². The fourth-order valence-electron chi connectivity index (χ4n) is 3.14. The van der Waals surface area contributed by atoms with Gasteiger partial charge in [-0.25, -0.2) is 0 Å². The largest absolute Gasteiger partial charge is 0.323 e. The highest BCUT2D eigenvalue weighted by Crippen LogP contribution is 2.30. The molecular formula is C21H21N3O3. The van der Waals surface area contributed by atoms with Crippen LogP contribution in [0.25, 0.3) is 0 Å². The van der Waals surface area contributed by atoms with Crippen molar-refractivity contribution < 1.29 is 14.4 Å². The average Bonchev–Trinajstić information content (AvgIpc) is 2.67. The normalized spacial score (nSPS) is 12.7. The Bertz CT molecular complexity index is 921. The number of aryl methyl sites for hydroxylation is 1. The molecule has 1 aliphatic rings. The summed E-state index contributed by atoms with van der Waals surface area (Å²) in [5, 5.41) is 5.50. The topological polar surface area (TPSA) is 78.5 Å². The Kier molecular flexibility index (Phi) is 5.35. The zero-order valence-electron chi connectivity index (χ0n) is 15.1. The Labute approximate surface area is 157 Å². The molecular weight excluding hydrogens is 342 g/mol. The van der Waals surface area contributed by atoms with E-state index in [4.69, 9.17) is 0 Å². The van der Waals surface area contributed by atoms with Gasteiger partial charge in [0.15, 0.2) is 0 Å². The molecule has 1 heterocycles. The first kappa shape index (κ1) is 18.4. The molecule has 6 nitrogen and oxygen atoms in total.